The molecular weight excluding hydrogens is 224 g/mol. The minimum absolute atomic E-state index is 0.392. The van der Waals surface area contributed by atoms with Gasteiger partial charge in [0.15, 0.2) is 0 Å². The average molecular weight is 243 g/mol. The third-order valence-electron chi connectivity index (χ3n) is 3.37. The van der Waals surface area contributed by atoms with E-state index in [2.05, 4.69) is 42.1 Å². The van der Waals surface area contributed by atoms with Gasteiger partial charge in [0, 0.05) is 5.33 Å². The molecule has 0 saturated heterocycles. The summed E-state index contributed by atoms with van der Waals surface area (Å²) >= 11 is 3.48. The summed E-state index contributed by atoms with van der Waals surface area (Å²) in [6.45, 7) is 10.3. The highest BCUT2D eigenvalue weighted by Gasteiger charge is 2.28. The number of alkyl halides is 1. The van der Waals surface area contributed by atoms with Crippen molar-refractivity contribution in [3.8, 4) is 0 Å². The van der Waals surface area contributed by atoms with Gasteiger partial charge in [0.2, 0.25) is 0 Å². The van der Waals surface area contributed by atoms with E-state index in [4.69, 9.17) is 0 Å². The Hall–Kier alpha value is -0.0400. The van der Waals surface area contributed by atoms with Gasteiger partial charge in [-0.3, -0.25) is 0 Å². The molecule has 0 nitrogen and oxygen atoms in total. The van der Waals surface area contributed by atoms with Crippen LogP contribution >= 0.6 is 15.9 Å². The lowest BCUT2D eigenvalue weighted by molar-refractivity contribution is 0.243. The van der Waals surface area contributed by atoms with Crippen molar-refractivity contribution in [1.82, 2.24) is 0 Å². The highest BCUT2D eigenvalue weighted by atomic mass is 79.9. The molecule has 1 rings (SSSR count). The maximum atomic E-state index is 4.10. The molecule has 0 aromatic rings. The molecule has 1 aliphatic carbocycles. The molecule has 0 aliphatic heterocycles. The predicted octanol–water partition coefficient (Wildman–Crippen LogP) is 4.32. The Kier molecular flexibility index (Phi) is 3.78. The van der Waals surface area contributed by atoms with Crippen LogP contribution in [-0.4, -0.2) is 5.33 Å². The highest BCUT2D eigenvalue weighted by molar-refractivity contribution is 9.09. The predicted molar refractivity (Wildman–Crippen MR) is 63.2 cm³/mol. The van der Waals surface area contributed by atoms with Crippen molar-refractivity contribution in [2.75, 3.05) is 5.33 Å². The summed E-state index contributed by atoms with van der Waals surface area (Å²) in [6, 6.07) is 0. The average Bonchev–Trinajstić information content (AvgIpc) is 2.18. The molecule has 0 N–H and O–H groups in total. The zero-order valence-electron chi connectivity index (χ0n) is 8.48. The molecule has 0 radical (unpaired) electrons. The Balaban J connectivity index is 2.47. The monoisotopic (exact) mass is 242 g/mol. The Labute approximate surface area is 90.2 Å². The van der Waals surface area contributed by atoms with E-state index in [0.717, 1.165) is 11.2 Å². The third-order valence-corrected chi connectivity index (χ3v) is 4.09. The van der Waals surface area contributed by atoms with Gasteiger partial charge < -0.3 is 0 Å². The maximum absolute atomic E-state index is 4.10. The van der Waals surface area contributed by atoms with E-state index in [1.165, 1.54) is 31.3 Å². The second-order valence-electron chi connectivity index (χ2n) is 4.42. The smallest absolute Gasteiger partial charge is 0.0241 e. The quantitative estimate of drug-likeness (QED) is 0.511. The number of rotatable bonds is 3. The van der Waals surface area contributed by atoms with E-state index in [0.29, 0.717) is 5.41 Å². The first kappa shape index (κ1) is 11.0. The van der Waals surface area contributed by atoms with Gasteiger partial charge in [0.1, 0.15) is 0 Å². The SMILES string of the molecule is C=CC1(C)CCC(C(=C)CBr)CC1. The molecule has 1 saturated carbocycles. The molecule has 0 aromatic carbocycles. The molecule has 0 atom stereocenters. The van der Waals surface area contributed by atoms with Crippen LogP contribution in [0.3, 0.4) is 0 Å². The van der Waals surface area contributed by atoms with Crippen molar-refractivity contribution in [2.24, 2.45) is 11.3 Å². The summed E-state index contributed by atoms with van der Waals surface area (Å²) in [5.41, 5.74) is 1.76. The minimum Gasteiger partial charge on any atom is -0.103 e. The lowest BCUT2D eigenvalue weighted by Gasteiger charge is -2.35. The van der Waals surface area contributed by atoms with Crippen LogP contribution < -0.4 is 0 Å². The Morgan fingerprint density at radius 3 is 2.46 bits per heavy atom. The number of hydrogen-bond donors (Lipinski definition) is 0. The summed E-state index contributed by atoms with van der Waals surface area (Å²) in [7, 11) is 0. The van der Waals surface area contributed by atoms with E-state index >= 15 is 0 Å². The Morgan fingerprint density at radius 2 is 2.08 bits per heavy atom. The summed E-state index contributed by atoms with van der Waals surface area (Å²) in [5.74, 6) is 0.743. The van der Waals surface area contributed by atoms with Crippen molar-refractivity contribution in [2.45, 2.75) is 32.6 Å². The van der Waals surface area contributed by atoms with E-state index in [-0.39, 0.29) is 0 Å². The summed E-state index contributed by atoms with van der Waals surface area (Å²) < 4.78 is 0. The lowest BCUT2D eigenvalue weighted by Crippen LogP contribution is -2.23. The molecule has 0 spiro atoms. The van der Waals surface area contributed by atoms with Gasteiger partial charge in [-0.15, -0.1) is 6.58 Å². The van der Waals surface area contributed by atoms with Gasteiger partial charge in [0.05, 0.1) is 0 Å². The van der Waals surface area contributed by atoms with E-state index in [1.54, 1.807) is 0 Å². The van der Waals surface area contributed by atoms with Crippen molar-refractivity contribution >= 4 is 15.9 Å². The lowest BCUT2D eigenvalue weighted by atomic mass is 9.70. The van der Waals surface area contributed by atoms with E-state index < -0.39 is 0 Å². The van der Waals surface area contributed by atoms with E-state index in [9.17, 15) is 0 Å². The zero-order valence-corrected chi connectivity index (χ0v) is 10.1. The second-order valence-corrected chi connectivity index (χ2v) is 4.99. The van der Waals surface area contributed by atoms with Crippen molar-refractivity contribution in [3.05, 3.63) is 24.8 Å². The highest BCUT2D eigenvalue weighted by Crippen LogP contribution is 2.41. The second kappa shape index (κ2) is 4.45. The topological polar surface area (TPSA) is 0 Å². The van der Waals surface area contributed by atoms with Crippen molar-refractivity contribution < 1.29 is 0 Å². The first-order valence-electron chi connectivity index (χ1n) is 4.98. The molecule has 1 fully saturated rings. The third kappa shape index (κ3) is 2.70. The molecule has 13 heavy (non-hydrogen) atoms. The summed E-state index contributed by atoms with van der Waals surface area (Å²) in [5, 5.41) is 0.961. The van der Waals surface area contributed by atoms with Gasteiger partial charge in [-0.25, -0.2) is 0 Å². The van der Waals surface area contributed by atoms with E-state index in [1.807, 2.05) is 0 Å². The molecule has 1 heteroatoms. The van der Waals surface area contributed by atoms with Gasteiger partial charge in [0.25, 0.3) is 0 Å². The normalized spacial score (nSPS) is 34.2. The molecule has 0 heterocycles. The number of hydrogen-bond acceptors (Lipinski definition) is 0. The van der Waals surface area contributed by atoms with Crippen LogP contribution in [-0.2, 0) is 0 Å². The van der Waals surface area contributed by atoms with Crippen LogP contribution in [0.1, 0.15) is 32.6 Å². The van der Waals surface area contributed by atoms with Gasteiger partial charge in [-0.2, -0.15) is 0 Å². The first-order chi connectivity index (χ1) is 6.11. The van der Waals surface area contributed by atoms with Gasteiger partial charge in [-0.05, 0) is 37.0 Å². The molecule has 0 bridgehead atoms. The first-order valence-corrected chi connectivity index (χ1v) is 6.11. The van der Waals surface area contributed by atoms with Crippen LogP contribution in [0.2, 0.25) is 0 Å². The Bertz CT molecular complexity index is 197. The summed E-state index contributed by atoms with van der Waals surface area (Å²) in [6.07, 6.45) is 7.24. The van der Waals surface area contributed by atoms with Crippen molar-refractivity contribution in [3.63, 3.8) is 0 Å². The van der Waals surface area contributed by atoms with Crippen LogP contribution in [0.25, 0.3) is 0 Å². The zero-order chi connectivity index (χ0) is 9.90. The van der Waals surface area contributed by atoms with Crippen LogP contribution in [0, 0.1) is 11.3 Å². The van der Waals surface area contributed by atoms with Crippen LogP contribution in [0.5, 0.6) is 0 Å². The fraction of sp³-hybridized carbons (Fsp3) is 0.667. The molecule has 0 amide bonds. The fourth-order valence-electron chi connectivity index (χ4n) is 2.00. The number of allylic oxidation sites excluding steroid dienone is 2. The van der Waals surface area contributed by atoms with Crippen LogP contribution in [0.15, 0.2) is 24.8 Å². The standard InChI is InChI=1S/C12H19Br/c1-4-12(3)7-5-11(6-8-12)10(2)9-13/h4,11H,1-2,5-9H2,3H3. The summed E-state index contributed by atoms with van der Waals surface area (Å²) in [4.78, 5) is 0. The molecular formula is C12H19Br. The molecule has 0 unspecified atom stereocenters. The molecule has 1 aliphatic rings. The van der Waals surface area contributed by atoms with Crippen LogP contribution in [0.4, 0.5) is 0 Å². The van der Waals surface area contributed by atoms with Gasteiger partial charge >= 0.3 is 0 Å². The largest absolute Gasteiger partial charge is 0.103 e. The number of halogens is 1. The van der Waals surface area contributed by atoms with Crippen molar-refractivity contribution in [1.29, 1.82) is 0 Å². The maximum Gasteiger partial charge on any atom is 0.0241 e. The molecule has 0 aromatic heterocycles. The van der Waals surface area contributed by atoms with Gasteiger partial charge in [-0.1, -0.05) is 41.1 Å². The molecule has 74 valence electrons. The Morgan fingerprint density at radius 1 is 1.54 bits per heavy atom. The fourth-order valence-corrected chi connectivity index (χ4v) is 2.46. The minimum atomic E-state index is 0.392.